The van der Waals surface area contributed by atoms with Gasteiger partial charge in [0.25, 0.3) is 0 Å². The van der Waals surface area contributed by atoms with Gasteiger partial charge >= 0.3 is 5.97 Å². The summed E-state index contributed by atoms with van der Waals surface area (Å²) in [6.07, 6.45) is 5.72. The third-order valence-corrected chi connectivity index (χ3v) is 4.93. The number of carbonyl (C=O) groups is 2. The summed E-state index contributed by atoms with van der Waals surface area (Å²) >= 11 is 3.50. The van der Waals surface area contributed by atoms with Gasteiger partial charge < -0.3 is 15.4 Å². The van der Waals surface area contributed by atoms with Gasteiger partial charge in [-0.2, -0.15) is 0 Å². The number of fused-ring (bicyclic) bond motifs is 1. The number of benzene rings is 1. The highest BCUT2D eigenvalue weighted by atomic mass is 79.9. The van der Waals surface area contributed by atoms with Crippen molar-refractivity contribution in [3.63, 3.8) is 0 Å². The molecule has 0 radical (unpaired) electrons. The molecule has 1 unspecified atom stereocenters. The van der Waals surface area contributed by atoms with E-state index in [1.807, 2.05) is 24.4 Å². The van der Waals surface area contributed by atoms with Crippen LogP contribution in [0.3, 0.4) is 0 Å². The van der Waals surface area contributed by atoms with Crippen molar-refractivity contribution >= 4 is 38.7 Å². The number of amides is 1. The van der Waals surface area contributed by atoms with Gasteiger partial charge in [-0.3, -0.25) is 4.79 Å². The lowest BCUT2D eigenvalue weighted by Gasteiger charge is -2.14. The van der Waals surface area contributed by atoms with Gasteiger partial charge in [-0.05, 0) is 30.0 Å². The maximum atomic E-state index is 12.0. The minimum absolute atomic E-state index is 0.178. The maximum Gasteiger partial charge on any atom is 0.326 e. The Hall–Kier alpha value is -1.82. The Labute approximate surface area is 142 Å². The molecule has 1 heterocycles. The molecule has 2 aromatic rings. The standard InChI is InChI=1S/C17H19BrN2O3/c18-12-2-1-3-13-16(12)11(9-19-13)8-14(17(22)23)20-15(21)7-6-10-4-5-10/h1-3,9-10,14,19H,4-8H2,(H,20,21)(H,22,23). The van der Waals surface area contributed by atoms with E-state index in [9.17, 15) is 14.7 Å². The monoisotopic (exact) mass is 378 g/mol. The second kappa shape index (κ2) is 6.74. The number of carboxylic acids is 1. The third-order valence-electron chi connectivity index (χ3n) is 4.27. The summed E-state index contributed by atoms with van der Waals surface area (Å²) in [4.78, 5) is 26.6. The zero-order valence-corrected chi connectivity index (χ0v) is 14.2. The molecule has 1 amide bonds. The Morgan fingerprint density at radius 3 is 2.87 bits per heavy atom. The van der Waals surface area contributed by atoms with Gasteiger partial charge in [0.15, 0.2) is 0 Å². The number of aromatic nitrogens is 1. The van der Waals surface area contributed by atoms with E-state index in [2.05, 4.69) is 26.2 Å². The molecule has 122 valence electrons. The number of hydrogen-bond donors (Lipinski definition) is 3. The SMILES string of the molecule is O=C(CCC1CC1)NC(Cc1c[nH]c2cccc(Br)c12)C(=O)O. The molecule has 0 saturated heterocycles. The Bertz CT molecular complexity index is 737. The van der Waals surface area contributed by atoms with Crippen LogP contribution in [0.1, 0.15) is 31.2 Å². The molecule has 3 N–H and O–H groups in total. The number of carbonyl (C=O) groups excluding carboxylic acids is 1. The number of aliphatic carboxylic acids is 1. The fraction of sp³-hybridized carbons (Fsp3) is 0.412. The average molecular weight is 379 g/mol. The van der Waals surface area contributed by atoms with Gasteiger partial charge in [0.2, 0.25) is 5.91 Å². The van der Waals surface area contributed by atoms with E-state index < -0.39 is 12.0 Å². The molecule has 1 aliphatic carbocycles. The first-order valence-electron chi connectivity index (χ1n) is 7.81. The normalized spacial score (nSPS) is 15.5. The lowest BCUT2D eigenvalue weighted by Crippen LogP contribution is -2.42. The summed E-state index contributed by atoms with van der Waals surface area (Å²) in [5.74, 6) is -0.525. The highest BCUT2D eigenvalue weighted by molar-refractivity contribution is 9.10. The maximum absolute atomic E-state index is 12.0. The molecule has 1 atom stereocenters. The number of carboxylic acid groups (broad SMARTS) is 1. The van der Waals surface area contributed by atoms with Gasteiger partial charge in [0.05, 0.1) is 0 Å². The number of nitrogens with one attached hydrogen (secondary N) is 2. The lowest BCUT2D eigenvalue weighted by molar-refractivity contribution is -0.141. The molecule has 1 saturated carbocycles. The predicted octanol–water partition coefficient (Wildman–Crippen LogP) is 3.23. The summed E-state index contributed by atoms with van der Waals surface area (Å²) in [6.45, 7) is 0. The lowest BCUT2D eigenvalue weighted by atomic mass is 10.0. The van der Waals surface area contributed by atoms with E-state index in [0.717, 1.165) is 27.4 Å². The van der Waals surface area contributed by atoms with Crippen molar-refractivity contribution in [2.45, 2.75) is 38.1 Å². The van der Waals surface area contributed by atoms with Gasteiger partial charge in [-0.25, -0.2) is 4.79 Å². The molecule has 1 aromatic heterocycles. The van der Waals surface area contributed by atoms with Crippen molar-refractivity contribution < 1.29 is 14.7 Å². The van der Waals surface area contributed by atoms with Crippen LogP contribution in [-0.2, 0) is 16.0 Å². The molecule has 0 bridgehead atoms. The van der Waals surface area contributed by atoms with Crippen LogP contribution in [0.5, 0.6) is 0 Å². The molecule has 1 aromatic carbocycles. The minimum atomic E-state index is -1.01. The van der Waals surface area contributed by atoms with Crippen molar-refractivity contribution in [3.05, 3.63) is 34.4 Å². The van der Waals surface area contributed by atoms with E-state index in [-0.39, 0.29) is 12.3 Å². The van der Waals surface area contributed by atoms with Crippen molar-refractivity contribution in [3.8, 4) is 0 Å². The number of rotatable bonds is 7. The van der Waals surface area contributed by atoms with Crippen molar-refractivity contribution in [2.75, 3.05) is 0 Å². The van der Waals surface area contributed by atoms with Crippen LogP contribution >= 0.6 is 15.9 Å². The topological polar surface area (TPSA) is 82.2 Å². The van der Waals surface area contributed by atoms with E-state index >= 15 is 0 Å². The van der Waals surface area contributed by atoms with Crippen molar-refractivity contribution in [2.24, 2.45) is 5.92 Å². The number of halogens is 1. The largest absolute Gasteiger partial charge is 0.480 e. The Kier molecular flexibility index (Phi) is 4.71. The molecule has 3 rings (SSSR count). The van der Waals surface area contributed by atoms with E-state index in [4.69, 9.17) is 0 Å². The third kappa shape index (κ3) is 3.93. The molecule has 1 aliphatic rings. The Morgan fingerprint density at radius 1 is 1.39 bits per heavy atom. The van der Waals surface area contributed by atoms with Crippen LogP contribution in [-0.4, -0.2) is 28.0 Å². The Balaban J connectivity index is 1.70. The van der Waals surface area contributed by atoms with Crippen molar-refractivity contribution in [1.29, 1.82) is 0 Å². The van der Waals surface area contributed by atoms with Crippen LogP contribution in [0, 0.1) is 5.92 Å². The van der Waals surface area contributed by atoms with Crippen molar-refractivity contribution in [1.82, 2.24) is 10.3 Å². The zero-order valence-electron chi connectivity index (χ0n) is 12.6. The zero-order chi connectivity index (χ0) is 16.4. The molecule has 23 heavy (non-hydrogen) atoms. The molecule has 6 heteroatoms. The molecular formula is C17H19BrN2O3. The quantitative estimate of drug-likeness (QED) is 0.691. The summed E-state index contributed by atoms with van der Waals surface area (Å²) in [5, 5.41) is 13.0. The average Bonchev–Trinajstić information content (AvgIpc) is 3.25. The molecule has 5 nitrogen and oxygen atoms in total. The fourth-order valence-electron chi connectivity index (χ4n) is 2.80. The molecule has 0 aliphatic heterocycles. The number of aromatic amines is 1. The summed E-state index contributed by atoms with van der Waals surface area (Å²) in [5.41, 5.74) is 1.82. The Morgan fingerprint density at radius 2 is 2.17 bits per heavy atom. The molecule has 1 fully saturated rings. The second-order valence-corrected chi connectivity index (χ2v) is 6.98. The van der Waals surface area contributed by atoms with Gasteiger partial charge in [-0.15, -0.1) is 0 Å². The van der Waals surface area contributed by atoms with E-state index in [1.165, 1.54) is 12.8 Å². The van der Waals surface area contributed by atoms with Crippen LogP contribution in [0.15, 0.2) is 28.9 Å². The first kappa shape index (κ1) is 16.1. The number of H-pyrrole nitrogens is 1. The first-order valence-corrected chi connectivity index (χ1v) is 8.60. The van der Waals surface area contributed by atoms with Crippen LogP contribution in [0.4, 0.5) is 0 Å². The second-order valence-electron chi connectivity index (χ2n) is 6.12. The summed E-state index contributed by atoms with van der Waals surface area (Å²) < 4.78 is 0.912. The smallest absolute Gasteiger partial charge is 0.326 e. The number of hydrogen-bond acceptors (Lipinski definition) is 2. The van der Waals surface area contributed by atoms with Gasteiger partial charge in [-0.1, -0.05) is 34.8 Å². The predicted molar refractivity (Wildman–Crippen MR) is 91.2 cm³/mol. The first-order chi connectivity index (χ1) is 11.0. The highest BCUT2D eigenvalue weighted by Crippen LogP contribution is 2.33. The van der Waals surface area contributed by atoms with Gasteiger partial charge in [0.1, 0.15) is 6.04 Å². The fourth-order valence-corrected chi connectivity index (χ4v) is 3.42. The van der Waals surface area contributed by atoms with E-state index in [1.54, 1.807) is 0 Å². The van der Waals surface area contributed by atoms with Gasteiger partial charge in [0, 0.05) is 34.4 Å². The summed E-state index contributed by atoms with van der Waals surface area (Å²) in [6, 6.07) is 4.87. The van der Waals surface area contributed by atoms with Crippen LogP contribution < -0.4 is 5.32 Å². The highest BCUT2D eigenvalue weighted by Gasteiger charge is 2.25. The summed E-state index contributed by atoms with van der Waals surface area (Å²) in [7, 11) is 0. The van der Waals surface area contributed by atoms with Crippen LogP contribution in [0.2, 0.25) is 0 Å². The molecular weight excluding hydrogens is 360 g/mol. The molecule has 0 spiro atoms. The van der Waals surface area contributed by atoms with Crippen LogP contribution in [0.25, 0.3) is 10.9 Å². The minimum Gasteiger partial charge on any atom is -0.480 e. The van der Waals surface area contributed by atoms with E-state index in [0.29, 0.717) is 12.3 Å².